The zero-order chi connectivity index (χ0) is 20.1. The van der Waals surface area contributed by atoms with Crippen LogP contribution in [0.4, 0.5) is 4.79 Å². The van der Waals surface area contributed by atoms with Crippen molar-refractivity contribution in [3.8, 4) is 0 Å². The summed E-state index contributed by atoms with van der Waals surface area (Å²) in [6.45, 7) is 2.56. The molecule has 1 aliphatic rings. The van der Waals surface area contributed by atoms with Crippen LogP contribution in [0.15, 0.2) is 47.8 Å². The van der Waals surface area contributed by atoms with Crippen LogP contribution in [0.2, 0.25) is 0 Å². The van der Waals surface area contributed by atoms with Gasteiger partial charge in [-0.25, -0.2) is 4.79 Å². The van der Waals surface area contributed by atoms with Crippen molar-refractivity contribution in [1.29, 1.82) is 0 Å². The van der Waals surface area contributed by atoms with E-state index in [2.05, 4.69) is 10.7 Å². The lowest BCUT2D eigenvalue weighted by Crippen LogP contribution is -3.09. The highest BCUT2D eigenvalue weighted by Crippen LogP contribution is 2.22. The molecule has 2 heterocycles. The van der Waals surface area contributed by atoms with Crippen molar-refractivity contribution in [3.63, 3.8) is 0 Å². The average molecular weight is 402 g/mol. The number of likely N-dealkylation sites (N-methyl/N-ethyl adjacent to an activating group) is 1. The van der Waals surface area contributed by atoms with Crippen molar-refractivity contribution in [2.45, 2.75) is 31.8 Å². The number of urea groups is 1. The third-order valence-electron chi connectivity index (χ3n) is 4.77. The Bertz CT molecular complexity index is 840. The third kappa shape index (κ3) is 4.76. The SMILES string of the molecule is C[NH+](CC(=O)NN1C(=O)N[C@](C)(CCc2ccccc2)C1=O)Cc1cccs1. The predicted octanol–water partition coefficient (Wildman–Crippen LogP) is 0.737. The fourth-order valence-corrected chi connectivity index (χ4v) is 4.02. The number of hydrazine groups is 1. The standard InChI is InChI=1S/C20H24N4O3S/c1-20(11-10-15-7-4-3-5-8-15)18(26)24(19(27)21-20)22-17(25)14-23(2)13-16-9-6-12-28-16/h3-9,12H,10-11,13-14H2,1-2H3,(H,21,27)(H,22,25)/p+1/t20-/m1/s1. The summed E-state index contributed by atoms with van der Waals surface area (Å²) in [5.41, 5.74) is 2.52. The Balaban J connectivity index is 1.54. The first-order chi connectivity index (χ1) is 13.4. The Hall–Kier alpha value is -2.71. The van der Waals surface area contributed by atoms with Gasteiger partial charge in [0, 0.05) is 0 Å². The van der Waals surface area contributed by atoms with Crippen LogP contribution >= 0.6 is 11.3 Å². The summed E-state index contributed by atoms with van der Waals surface area (Å²) in [7, 11) is 1.90. The number of aryl methyl sites for hydroxylation is 1. The minimum Gasteiger partial charge on any atom is -0.325 e. The van der Waals surface area contributed by atoms with Gasteiger partial charge in [0.05, 0.1) is 11.9 Å². The third-order valence-corrected chi connectivity index (χ3v) is 5.65. The summed E-state index contributed by atoms with van der Waals surface area (Å²) in [6, 6.07) is 13.2. The van der Waals surface area contributed by atoms with Gasteiger partial charge in [0.25, 0.3) is 11.8 Å². The van der Waals surface area contributed by atoms with Gasteiger partial charge in [0.15, 0.2) is 6.54 Å². The van der Waals surface area contributed by atoms with Crippen LogP contribution in [0.1, 0.15) is 23.8 Å². The number of hydrogen-bond donors (Lipinski definition) is 3. The van der Waals surface area contributed by atoms with Crippen molar-refractivity contribution < 1.29 is 19.3 Å². The van der Waals surface area contributed by atoms with Crippen LogP contribution in [-0.4, -0.2) is 42.0 Å². The van der Waals surface area contributed by atoms with E-state index in [1.54, 1.807) is 18.3 Å². The van der Waals surface area contributed by atoms with E-state index in [1.165, 1.54) is 4.88 Å². The molecular weight excluding hydrogens is 376 g/mol. The Morgan fingerprint density at radius 2 is 1.96 bits per heavy atom. The van der Waals surface area contributed by atoms with Gasteiger partial charge in [-0.3, -0.25) is 15.0 Å². The fourth-order valence-electron chi connectivity index (χ4n) is 3.21. The van der Waals surface area contributed by atoms with E-state index in [-0.39, 0.29) is 12.5 Å². The number of carbonyl (C=O) groups is 3. The van der Waals surface area contributed by atoms with Crippen molar-refractivity contribution >= 4 is 29.2 Å². The smallest absolute Gasteiger partial charge is 0.325 e. The number of nitrogens with one attached hydrogen (secondary N) is 3. The second-order valence-electron chi connectivity index (χ2n) is 7.31. The maximum absolute atomic E-state index is 12.8. The molecule has 0 saturated carbocycles. The lowest BCUT2D eigenvalue weighted by molar-refractivity contribution is -0.885. The zero-order valence-corrected chi connectivity index (χ0v) is 16.8. The number of nitrogens with zero attached hydrogens (tertiary/aromatic N) is 1. The van der Waals surface area contributed by atoms with E-state index >= 15 is 0 Å². The number of benzene rings is 1. The van der Waals surface area contributed by atoms with Gasteiger partial charge < -0.3 is 10.2 Å². The molecule has 1 aromatic heterocycles. The van der Waals surface area contributed by atoms with Crippen LogP contribution in [0.5, 0.6) is 0 Å². The van der Waals surface area contributed by atoms with E-state index in [0.717, 1.165) is 15.5 Å². The van der Waals surface area contributed by atoms with Crippen LogP contribution in [0, 0.1) is 0 Å². The Morgan fingerprint density at radius 3 is 2.64 bits per heavy atom. The van der Waals surface area contributed by atoms with Gasteiger partial charge in [-0.05, 0) is 36.8 Å². The Kier molecular flexibility index (Phi) is 6.11. The molecule has 8 heteroatoms. The molecule has 28 heavy (non-hydrogen) atoms. The number of rotatable bonds is 8. The summed E-state index contributed by atoms with van der Waals surface area (Å²) >= 11 is 1.63. The van der Waals surface area contributed by atoms with Crippen molar-refractivity contribution in [2.75, 3.05) is 13.6 Å². The average Bonchev–Trinajstić information content (AvgIpc) is 3.23. The van der Waals surface area contributed by atoms with Crippen molar-refractivity contribution in [2.24, 2.45) is 0 Å². The van der Waals surface area contributed by atoms with Gasteiger partial charge in [-0.2, -0.15) is 5.01 Å². The molecule has 2 aromatic rings. The second-order valence-corrected chi connectivity index (χ2v) is 8.35. The number of carbonyl (C=O) groups excluding carboxylic acids is 3. The monoisotopic (exact) mass is 401 g/mol. The van der Waals surface area contributed by atoms with Gasteiger partial charge in [-0.15, -0.1) is 11.3 Å². The van der Waals surface area contributed by atoms with E-state index in [0.29, 0.717) is 19.4 Å². The van der Waals surface area contributed by atoms with Gasteiger partial charge >= 0.3 is 6.03 Å². The summed E-state index contributed by atoms with van der Waals surface area (Å²) < 4.78 is 0. The molecule has 2 atom stereocenters. The molecule has 3 N–H and O–H groups in total. The zero-order valence-electron chi connectivity index (χ0n) is 16.0. The quantitative estimate of drug-likeness (QED) is 0.571. The molecule has 1 fully saturated rings. The molecule has 7 nitrogen and oxygen atoms in total. The molecule has 1 aliphatic heterocycles. The topological polar surface area (TPSA) is 82.9 Å². The molecule has 0 radical (unpaired) electrons. The summed E-state index contributed by atoms with van der Waals surface area (Å²) in [6.07, 6.45) is 1.11. The molecule has 0 aliphatic carbocycles. The van der Waals surface area contributed by atoms with Gasteiger partial charge in [0.2, 0.25) is 0 Å². The maximum Gasteiger partial charge on any atom is 0.344 e. The number of quaternary nitrogens is 1. The molecule has 1 saturated heterocycles. The van der Waals surface area contributed by atoms with Crippen LogP contribution in [0.3, 0.4) is 0 Å². The highest BCUT2D eigenvalue weighted by molar-refractivity contribution is 7.09. The van der Waals surface area contributed by atoms with E-state index in [9.17, 15) is 14.4 Å². The lowest BCUT2D eigenvalue weighted by Gasteiger charge is -2.22. The number of thiophene rings is 1. The minimum absolute atomic E-state index is 0.162. The number of hydrogen-bond acceptors (Lipinski definition) is 4. The minimum atomic E-state index is -1.03. The van der Waals surface area contributed by atoms with Crippen LogP contribution < -0.4 is 15.6 Å². The van der Waals surface area contributed by atoms with Crippen molar-refractivity contribution in [3.05, 3.63) is 58.3 Å². The summed E-state index contributed by atoms with van der Waals surface area (Å²) in [4.78, 5) is 39.5. The van der Waals surface area contributed by atoms with E-state index < -0.39 is 17.5 Å². The molecule has 4 amide bonds. The van der Waals surface area contributed by atoms with Gasteiger partial charge in [-0.1, -0.05) is 36.4 Å². The predicted molar refractivity (Wildman–Crippen MR) is 106 cm³/mol. The lowest BCUT2D eigenvalue weighted by atomic mass is 9.93. The Morgan fingerprint density at radius 1 is 1.21 bits per heavy atom. The van der Waals surface area contributed by atoms with E-state index in [1.807, 2.05) is 54.9 Å². The first kappa shape index (κ1) is 20.0. The van der Waals surface area contributed by atoms with Crippen molar-refractivity contribution in [1.82, 2.24) is 15.8 Å². The summed E-state index contributed by atoms with van der Waals surface area (Å²) in [5, 5.41) is 5.52. The highest BCUT2D eigenvalue weighted by Gasteiger charge is 2.48. The number of amides is 4. The van der Waals surface area contributed by atoms with E-state index in [4.69, 9.17) is 0 Å². The number of imide groups is 1. The molecule has 148 valence electrons. The second kappa shape index (κ2) is 8.53. The van der Waals surface area contributed by atoms with Crippen LogP contribution in [-0.2, 0) is 22.6 Å². The molecule has 0 spiro atoms. The summed E-state index contributed by atoms with van der Waals surface area (Å²) in [5.74, 6) is -0.803. The highest BCUT2D eigenvalue weighted by atomic mass is 32.1. The van der Waals surface area contributed by atoms with Crippen LogP contribution in [0.25, 0.3) is 0 Å². The molecule has 0 bridgehead atoms. The van der Waals surface area contributed by atoms with Gasteiger partial charge in [0.1, 0.15) is 12.1 Å². The largest absolute Gasteiger partial charge is 0.344 e. The maximum atomic E-state index is 12.8. The molecular formula is C20H25N4O3S+. The normalized spacial score (nSPS) is 20.1. The first-order valence-corrected chi connectivity index (χ1v) is 10.1. The Labute approximate surface area is 168 Å². The molecule has 3 rings (SSSR count). The molecule has 1 aromatic carbocycles. The first-order valence-electron chi connectivity index (χ1n) is 9.21. The molecule has 1 unspecified atom stereocenters. The fraction of sp³-hybridized carbons (Fsp3) is 0.350.